The molecule has 0 heterocycles. The minimum atomic E-state index is -0.793. The summed E-state index contributed by atoms with van der Waals surface area (Å²) < 4.78 is 16.9. The van der Waals surface area contributed by atoms with Crippen LogP contribution >= 0.6 is 0 Å². The van der Waals surface area contributed by atoms with E-state index < -0.39 is 6.10 Å². The molecule has 0 saturated carbocycles. The third-order valence-corrected chi connectivity index (χ3v) is 13.0. The Balaban J connectivity index is 4.34. The summed E-state index contributed by atoms with van der Waals surface area (Å²) in [6.45, 7) is 6.46. The summed E-state index contributed by atoms with van der Waals surface area (Å²) in [6, 6.07) is 0. The van der Waals surface area contributed by atoms with E-state index in [2.05, 4.69) is 118 Å². The maximum Gasteiger partial charge on any atom is 0.306 e. The number of hydrogen-bond donors (Lipinski definition) is 0. The molecular formula is C67H114O6. The Morgan fingerprint density at radius 2 is 0.548 bits per heavy atom. The highest BCUT2D eigenvalue weighted by molar-refractivity contribution is 5.71. The second kappa shape index (κ2) is 60.9. The van der Waals surface area contributed by atoms with Crippen LogP contribution in [0.1, 0.15) is 290 Å². The van der Waals surface area contributed by atoms with Crippen LogP contribution < -0.4 is 0 Å². The van der Waals surface area contributed by atoms with Crippen molar-refractivity contribution >= 4 is 17.9 Å². The molecule has 0 rings (SSSR count). The van der Waals surface area contributed by atoms with Gasteiger partial charge in [0.15, 0.2) is 6.10 Å². The first-order chi connectivity index (χ1) is 36.0. The first kappa shape index (κ1) is 69.3. The molecule has 0 aliphatic rings. The van der Waals surface area contributed by atoms with Crippen molar-refractivity contribution in [3.8, 4) is 0 Å². The second-order valence-corrected chi connectivity index (χ2v) is 20.2. The smallest absolute Gasteiger partial charge is 0.306 e. The minimum Gasteiger partial charge on any atom is -0.462 e. The quantitative estimate of drug-likeness (QED) is 0.0261. The molecule has 6 heteroatoms. The van der Waals surface area contributed by atoms with Crippen molar-refractivity contribution in [1.29, 1.82) is 0 Å². The van der Waals surface area contributed by atoms with Crippen LogP contribution in [-0.2, 0) is 28.6 Å². The predicted octanol–water partition coefficient (Wildman–Crippen LogP) is 20.9. The SMILES string of the molecule is CC/C=C\C/C=C\C/C=C\C/C=C\CCCCCCCCCCCCCCC(=O)OCC(COC(=O)CCCCCCC/C=C\C/C=C\CCCC)OC(=O)CCCCCCC/C=C\C/C=C\CCCCCC. The topological polar surface area (TPSA) is 78.9 Å². The molecule has 418 valence electrons. The van der Waals surface area contributed by atoms with Gasteiger partial charge in [0.05, 0.1) is 0 Å². The van der Waals surface area contributed by atoms with Crippen LogP contribution in [0.4, 0.5) is 0 Å². The van der Waals surface area contributed by atoms with E-state index in [1.54, 1.807) is 0 Å². The monoisotopic (exact) mass is 1010 g/mol. The lowest BCUT2D eigenvalue weighted by molar-refractivity contribution is -0.167. The van der Waals surface area contributed by atoms with Crippen LogP contribution in [0.2, 0.25) is 0 Å². The van der Waals surface area contributed by atoms with Crippen LogP contribution in [0.3, 0.4) is 0 Å². The largest absolute Gasteiger partial charge is 0.462 e. The van der Waals surface area contributed by atoms with Crippen LogP contribution in [0.15, 0.2) is 97.2 Å². The van der Waals surface area contributed by atoms with Gasteiger partial charge in [-0.15, -0.1) is 0 Å². The summed E-state index contributed by atoms with van der Waals surface area (Å²) in [7, 11) is 0. The third kappa shape index (κ3) is 59.1. The van der Waals surface area contributed by atoms with Gasteiger partial charge in [0.1, 0.15) is 13.2 Å². The molecule has 1 atom stereocenters. The van der Waals surface area contributed by atoms with Crippen molar-refractivity contribution in [2.45, 2.75) is 297 Å². The number of unbranched alkanes of at least 4 members (excludes halogenated alkanes) is 28. The molecule has 0 aromatic heterocycles. The number of hydrogen-bond acceptors (Lipinski definition) is 6. The zero-order valence-corrected chi connectivity index (χ0v) is 47.9. The lowest BCUT2D eigenvalue weighted by Crippen LogP contribution is -2.30. The van der Waals surface area contributed by atoms with Gasteiger partial charge >= 0.3 is 17.9 Å². The van der Waals surface area contributed by atoms with E-state index >= 15 is 0 Å². The summed E-state index contributed by atoms with van der Waals surface area (Å²) in [4.78, 5) is 38.2. The molecule has 0 bridgehead atoms. The van der Waals surface area contributed by atoms with Gasteiger partial charge in [-0.3, -0.25) is 14.4 Å². The second-order valence-electron chi connectivity index (χ2n) is 20.2. The summed E-state index contributed by atoms with van der Waals surface area (Å²) in [6.07, 6.45) is 81.2. The van der Waals surface area contributed by atoms with Gasteiger partial charge in [-0.1, -0.05) is 253 Å². The van der Waals surface area contributed by atoms with Gasteiger partial charge in [0.2, 0.25) is 0 Å². The van der Waals surface area contributed by atoms with Gasteiger partial charge in [0, 0.05) is 19.3 Å². The van der Waals surface area contributed by atoms with E-state index in [-0.39, 0.29) is 31.1 Å². The molecule has 73 heavy (non-hydrogen) atoms. The standard InChI is InChI=1S/C67H114O6/c1-4-7-10-13-16-19-22-25-28-30-31-32-33-34-35-36-37-38-40-42-45-48-51-54-57-60-66(69)72-63-64(62-71-65(68)59-56-53-50-47-44-41-27-24-21-18-15-12-9-6-3)73-67(70)61-58-55-52-49-46-43-39-29-26-23-20-17-14-11-8-5-2/h7,10,15-16,18-20,23-25,27-29,31-32,39,64H,4-6,8-9,11-14,17,21-22,26,30,33-38,40-63H2,1-3H3/b10-7-,18-15-,19-16-,23-20-,27-24-,28-25-,32-31-,39-29-. The first-order valence-corrected chi connectivity index (χ1v) is 30.7. The lowest BCUT2D eigenvalue weighted by atomic mass is 10.0. The van der Waals surface area contributed by atoms with Gasteiger partial charge < -0.3 is 14.2 Å². The van der Waals surface area contributed by atoms with E-state index in [9.17, 15) is 14.4 Å². The molecule has 0 saturated heterocycles. The molecule has 1 unspecified atom stereocenters. The van der Waals surface area contributed by atoms with Crippen molar-refractivity contribution in [1.82, 2.24) is 0 Å². The molecule has 0 radical (unpaired) electrons. The van der Waals surface area contributed by atoms with Gasteiger partial charge in [-0.25, -0.2) is 0 Å². The van der Waals surface area contributed by atoms with E-state index in [1.165, 1.54) is 116 Å². The predicted molar refractivity (Wildman–Crippen MR) is 316 cm³/mol. The Kier molecular flexibility index (Phi) is 57.8. The molecule has 0 amide bonds. The van der Waals surface area contributed by atoms with E-state index in [4.69, 9.17) is 14.2 Å². The Labute approximate surface area is 451 Å². The zero-order valence-electron chi connectivity index (χ0n) is 47.9. The fraction of sp³-hybridized carbons (Fsp3) is 0.716. The Morgan fingerprint density at radius 1 is 0.288 bits per heavy atom. The van der Waals surface area contributed by atoms with E-state index in [1.807, 2.05) is 0 Å². The highest BCUT2D eigenvalue weighted by Crippen LogP contribution is 2.15. The number of esters is 3. The van der Waals surface area contributed by atoms with E-state index in [0.29, 0.717) is 19.3 Å². The molecule has 0 fully saturated rings. The fourth-order valence-corrected chi connectivity index (χ4v) is 8.42. The highest BCUT2D eigenvalue weighted by Gasteiger charge is 2.19. The Morgan fingerprint density at radius 3 is 0.877 bits per heavy atom. The fourth-order valence-electron chi connectivity index (χ4n) is 8.42. The summed E-state index contributed by atoms with van der Waals surface area (Å²) in [5.41, 5.74) is 0. The van der Waals surface area contributed by atoms with Crippen LogP contribution in [0.25, 0.3) is 0 Å². The normalized spacial score (nSPS) is 12.8. The molecule has 0 aliphatic carbocycles. The zero-order chi connectivity index (χ0) is 52.9. The third-order valence-electron chi connectivity index (χ3n) is 13.0. The van der Waals surface area contributed by atoms with Crippen molar-refractivity contribution in [3.63, 3.8) is 0 Å². The maximum absolute atomic E-state index is 12.9. The van der Waals surface area contributed by atoms with Crippen LogP contribution in [0, 0.1) is 0 Å². The number of ether oxygens (including phenoxy) is 3. The molecule has 6 nitrogen and oxygen atoms in total. The average molecular weight is 1020 g/mol. The minimum absolute atomic E-state index is 0.0883. The number of allylic oxidation sites excluding steroid dienone is 16. The Bertz CT molecular complexity index is 1440. The molecule has 0 aromatic rings. The van der Waals surface area contributed by atoms with Crippen LogP contribution in [0.5, 0.6) is 0 Å². The summed E-state index contributed by atoms with van der Waals surface area (Å²) >= 11 is 0. The van der Waals surface area contributed by atoms with Crippen molar-refractivity contribution < 1.29 is 28.6 Å². The van der Waals surface area contributed by atoms with Crippen molar-refractivity contribution in [3.05, 3.63) is 97.2 Å². The maximum atomic E-state index is 12.9. The Hall–Kier alpha value is -3.67. The average Bonchev–Trinajstić information content (AvgIpc) is 3.39. The molecule has 0 aromatic carbocycles. The highest BCUT2D eigenvalue weighted by atomic mass is 16.6. The molecular weight excluding hydrogens is 901 g/mol. The number of carbonyl (C=O) groups is 3. The summed E-state index contributed by atoms with van der Waals surface area (Å²) in [5, 5.41) is 0. The van der Waals surface area contributed by atoms with Gasteiger partial charge in [-0.05, 0) is 116 Å². The first-order valence-electron chi connectivity index (χ1n) is 30.7. The summed E-state index contributed by atoms with van der Waals surface area (Å²) in [5.74, 6) is -0.912. The molecule has 0 spiro atoms. The van der Waals surface area contributed by atoms with Gasteiger partial charge in [0.25, 0.3) is 0 Å². The van der Waals surface area contributed by atoms with Crippen molar-refractivity contribution in [2.75, 3.05) is 13.2 Å². The number of carbonyl (C=O) groups excluding carboxylic acids is 3. The molecule has 0 aliphatic heterocycles. The van der Waals surface area contributed by atoms with Gasteiger partial charge in [-0.2, -0.15) is 0 Å². The van der Waals surface area contributed by atoms with Crippen molar-refractivity contribution in [2.24, 2.45) is 0 Å². The van der Waals surface area contributed by atoms with Crippen LogP contribution in [-0.4, -0.2) is 37.2 Å². The molecule has 0 N–H and O–H groups in total. The lowest BCUT2D eigenvalue weighted by Gasteiger charge is -2.18. The van der Waals surface area contributed by atoms with E-state index in [0.717, 1.165) is 135 Å². The number of rotatable bonds is 55.